The van der Waals surface area contributed by atoms with E-state index in [2.05, 4.69) is 9.88 Å². The summed E-state index contributed by atoms with van der Waals surface area (Å²) < 4.78 is 5.28. The number of anilines is 1. The number of carboxylic acid groups (broad SMARTS) is 1. The number of benzene rings is 1. The number of rotatable bonds is 7. The van der Waals surface area contributed by atoms with Crippen LogP contribution in [-0.2, 0) is 0 Å². The number of aromatic amines is 1. The number of ether oxygens (including phenoxy) is 1. The fourth-order valence-electron chi connectivity index (χ4n) is 2.58. The smallest absolute Gasteiger partial charge is 0.352 e. The average molecular weight is 333 g/mol. The summed E-state index contributed by atoms with van der Waals surface area (Å²) in [7, 11) is 7.47. The van der Waals surface area contributed by atoms with Crippen LogP contribution in [0.5, 0.6) is 5.75 Å². The Morgan fingerprint density at radius 1 is 1.21 bits per heavy atom. The van der Waals surface area contributed by atoms with Crippen molar-refractivity contribution in [1.82, 2.24) is 9.88 Å². The molecule has 130 valence electrons. The maximum atomic E-state index is 12.3. The summed E-state index contributed by atoms with van der Waals surface area (Å²) in [5.41, 5.74) is 0.778. The van der Waals surface area contributed by atoms with E-state index < -0.39 is 5.97 Å². The number of aromatic carboxylic acids is 1. The molecule has 0 atom stereocenters. The van der Waals surface area contributed by atoms with E-state index in [1.54, 1.807) is 12.1 Å². The number of carbonyl (C=O) groups is 1. The second-order valence-corrected chi connectivity index (χ2v) is 6.00. The van der Waals surface area contributed by atoms with E-state index in [-0.39, 0.29) is 11.1 Å². The quantitative estimate of drug-likeness (QED) is 0.801. The molecular formula is C17H23N3O4. The molecule has 2 aromatic rings. The van der Waals surface area contributed by atoms with Crippen LogP contribution in [0.1, 0.15) is 16.9 Å². The van der Waals surface area contributed by atoms with Crippen molar-refractivity contribution in [1.29, 1.82) is 0 Å². The molecule has 2 rings (SSSR count). The third-order valence-corrected chi connectivity index (χ3v) is 3.87. The molecule has 0 aliphatic heterocycles. The zero-order valence-electron chi connectivity index (χ0n) is 14.4. The van der Waals surface area contributed by atoms with Gasteiger partial charge in [-0.2, -0.15) is 0 Å². The van der Waals surface area contributed by atoms with Gasteiger partial charge in [0.1, 0.15) is 11.4 Å². The number of hydrogen-bond donors (Lipinski definition) is 2. The van der Waals surface area contributed by atoms with E-state index in [1.165, 1.54) is 7.11 Å². The van der Waals surface area contributed by atoms with Gasteiger partial charge in [-0.25, -0.2) is 4.79 Å². The Balaban J connectivity index is 2.53. The monoisotopic (exact) mass is 333 g/mol. The Morgan fingerprint density at radius 2 is 1.92 bits per heavy atom. The van der Waals surface area contributed by atoms with Crippen LogP contribution in [0.3, 0.4) is 0 Å². The number of carboxylic acids is 1. The SMILES string of the molecule is COc1cc(N(C)CCCN(C)C)c2[nH]c(C(=O)O)cc(=O)c2c1. The molecule has 0 aliphatic rings. The van der Waals surface area contributed by atoms with Crippen LogP contribution in [0, 0.1) is 0 Å². The van der Waals surface area contributed by atoms with Crippen LogP contribution >= 0.6 is 0 Å². The highest BCUT2D eigenvalue weighted by Gasteiger charge is 2.15. The predicted octanol–water partition coefficient (Wildman–Crippen LogP) is 1.62. The Bertz CT molecular complexity index is 798. The number of aromatic nitrogens is 1. The van der Waals surface area contributed by atoms with Crippen LogP contribution in [0.4, 0.5) is 5.69 Å². The van der Waals surface area contributed by atoms with E-state index >= 15 is 0 Å². The standard InChI is InChI=1S/C17H23N3O4/c1-19(2)6-5-7-20(3)14-9-11(24-4)8-12-15(21)10-13(17(22)23)18-16(12)14/h8-10H,5-7H2,1-4H3,(H,18,21)(H,22,23). The van der Waals surface area contributed by atoms with Crippen molar-refractivity contribution in [2.24, 2.45) is 0 Å². The highest BCUT2D eigenvalue weighted by molar-refractivity contribution is 5.96. The largest absolute Gasteiger partial charge is 0.497 e. The molecule has 0 radical (unpaired) electrons. The molecule has 0 fully saturated rings. The van der Waals surface area contributed by atoms with Crippen LogP contribution in [0.15, 0.2) is 23.0 Å². The molecule has 0 amide bonds. The second kappa shape index (κ2) is 7.35. The Labute approximate surface area is 140 Å². The summed E-state index contributed by atoms with van der Waals surface area (Å²) in [5.74, 6) is -0.600. The van der Waals surface area contributed by atoms with Gasteiger partial charge in [-0.15, -0.1) is 0 Å². The predicted molar refractivity (Wildman–Crippen MR) is 94.5 cm³/mol. The van der Waals surface area contributed by atoms with Gasteiger partial charge >= 0.3 is 5.97 Å². The first-order valence-corrected chi connectivity index (χ1v) is 7.67. The van der Waals surface area contributed by atoms with E-state index in [0.29, 0.717) is 16.7 Å². The summed E-state index contributed by atoms with van der Waals surface area (Å²) in [6, 6.07) is 4.52. The highest BCUT2D eigenvalue weighted by Crippen LogP contribution is 2.29. The van der Waals surface area contributed by atoms with Crippen LogP contribution in [0.2, 0.25) is 0 Å². The molecule has 0 unspecified atom stereocenters. The molecule has 1 aromatic heterocycles. The number of methoxy groups -OCH3 is 1. The second-order valence-electron chi connectivity index (χ2n) is 6.00. The van der Waals surface area contributed by atoms with Gasteiger partial charge in [-0.05, 0) is 33.1 Å². The highest BCUT2D eigenvalue weighted by atomic mass is 16.5. The number of H-pyrrole nitrogens is 1. The van der Waals surface area contributed by atoms with Crippen molar-refractivity contribution in [2.75, 3.05) is 46.2 Å². The van der Waals surface area contributed by atoms with Gasteiger partial charge in [0, 0.05) is 25.7 Å². The summed E-state index contributed by atoms with van der Waals surface area (Å²) in [6.07, 6.45) is 0.936. The Hall–Kier alpha value is -2.54. The lowest BCUT2D eigenvalue weighted by Crippen LogP contribution is -2.24. The van der Waals surface area contributed by atoms with Crippen LogP contribution in [0.25, 0.3) is 10.9 Å². The minimum atomic E-state index is -1.16. The molecular weight excluding hydrogens is 310 g/mol. The van der Waals surface area contributed by atoms with Crippen molar-refractivity contribution < 1.29 is 14.6 Å². The topological polar surface area (TPSA) is 85.9 Å². The minimum absolute atomic E-state index is 0.124. The zero-order chi connectivity index (χ0) is 17.9. The fourth-order valence-corrected chi connectivity index (χ4v) is 2.58. The molecule has 24 heavy (non-hydrogen) atoms. The van der Waals surface area contributed by atoms with E-state index in [9.17, 15) is 14.7 Å². The average Bonchev–Trinajstić information content (AvgIpc) is 2.53. The third-order valence-electron chi connectivity index (χ3n) is 3.87. The molecule has 0 saturated carbocycles. The number of fused-ring (bicyclic) bond motifs is 1. The molecule has 0 bridgehead atoms. The van der Waals surface area contributed by atoms with Crippen LogP contribution in [-0.4, -0.2) is 62.3 Å². The number of nitrogens with one attached hydrogen (secondary N) is 1. The summed E-state index contributed by atoms with van der Waals surface area (Å²) >= 11 is 0. The molecule has 7 heteroatoms. The molecule has 7 nitrogen and oxygen atoms in total. The van der Waals surface area contributed by atoms with E-state index in [1.807, 2.05) is 26.0 Å². The fraction of sp³-hybridized carbons (Fsp3) is 0.412. The Morgan fingerprint density at radius 3 is 2.50 bits per heavy atom. The maximum Gasteiger partial charge on any atom is 0.352 e. The number of nitrogens with zero attached hydrogens (tertiary/aromatic N) is 2. The third kappa shape index (κ3) is 3.86. The summed E-state index contributed by atoms with van der Waals surface area (Å²) in [6.45, 7) is 1.70. The molecule has 0 spiro atoms. The first-order valence-electron chi connectivity index (χ1n) is 7.67. The van der Waals surface area contributed by atoms with Gasteiger partial charge in [0.15, 0.2) is 5.43 Å². The van der Waals surface area contributed by atoms with Crippen molar-refractivity contribution in [3.05, 3.63) is 34.1 Å². The van der Waals surface area contributed by atoms with Gasteiger partial charge in [0.25, 0.3) is 0 Å². The lowest BCUT2D eigenvalue weighted by atomic mass is 10.1. The van der Waals surface area contributed by atoms with Gasteiger partial charge in [-0.3, -0.25) is 4.79 Å². The van der Waals surface area contributed by atoms with Gasteiger partial charge in [-0.1, -0.05) is 0 Å². The van der Waals surface area contributed by atoms with E-state index in [0.717, 1.165) is 31.3 Å². The first-order chi connectivity index (χ1) is 11.3. The normalized spacial score (nSPS) is 11.0. The molecule has 1 heterocycles. The molecule has 1 aromatic carbocycles. The Kier molecular flexibility index (Phi) is 5.46. The van der Waals surface area contributed by atoms with Crippen molar-refractivity contribution in [3.63, 3.8) is 0 Å². The van der Waals surface area contributed by atoms with Crippen molar-refractivity contribution in [3.8, 4) is 5.75 Å². The molecule has 2 N–H and O–H groups in total. The lowest BCUT2D eigenvalue weighted by Gasteiger charge is -2.22. The number of pyridine rings is 1. The van der Waals surface area contributed by atoms with Crippen molar-refractivity contribution in [2.45, 2.75) is 6.42 Å². The summed E-state index contributed by atoms with van der Waals surface area (Å²) in [5, 5.41) is 9.60. The molecule has 0 saturated heterocycles. The molecule has 0 aliphatic carbocycles. The number of hydrogen-bond acceptors (Lipinski definition) is 5. The lowest BCUT2D eigenvalue weighted by molar-refractivity contribution is 0.0691. The van der Waals surface area contributed by atoms with Crippen LogP contribution < -0.4 is 15.1 Å². The van der Waals surface area contributed by atoms with E-state index in [4.69, 9.17) is 4.74 Å². The summed E-state index contributed by atoms with van der Waals surface area (Å²) in [4.78, 5) is 30.5. The zero-order valence-corrected chi connectivity index (χ0v) is 14.4. The van der Waals surface area contributed by atoms with Gasteiger partial charge in [0.2, 0.25) is 0 Å². The van der Waals surface area contributed by atoms with Gasteiger partial charge in [0.05, 0.1) is 23.7 Å². The van der Waals surface area contributed by atoms with Gasteiger partial charge < -0.3 is 24.6 Å². The minimum Gasteiger partial charge on any atom is -0.497 e. The maximum absolute atomic E-state index is 12.3. The first kappa shape index (κ1) is 17.8. The van der Waals surface area contributed by atoms with Crippen molar-refractivity contribution >= 4 is 22.6 Å².